The van der Waals surface area contributed by atoms with Crippen molar-refractivity contribution in [3.05, 3.63) is 53.6 Å². The molecule has 0 amide bonds. The monoisotopic (exact) mass is 398 g/mol. The molecule has 0 unspecified atom stereocenters. The largest absolute Gasteiger partial charge is 0.507 e. The van der Waals surface area contributed by atoms with E-state index in [0.29, 0.717) is 18.2 Å². The SMILES string of the molecule is COc1ccccc1CCN1CCC[C@@H](CN(C)Cc2c(O)cccc2OC)C1. The second-order valence-corrected chi connectivity index (χ2v) is 8.03. The van der Waals surface area contributed by atoms with Gasteiger partial charge in [0.15, 0.2) is 0 Å². The highest BCUT2D eigenvalue weighted by Gasteiger charge is 2.22. The Balaban J connectivity index is 1.52. The number of aromatic hydroxyl groups is 1. The maximum atomic E-state index is 10.2. The molecule has 0 spiro atoms. The number of phenolic OH excluding ortho intramolecular Hbond substituents is 1. The van der Waals surface area contributed by atoms with Crippen LogP contribution in [0.25, 0.3) is 0 Å². The Bertz CT molecular complexity index is 780. The van der Waals surface area contributed by atoms with Crippen molar-refractivity contribution in [2.75, 3.05) is 47.4 Å². The molecule has 158 valence electrons. The van der Waals surface area contributed by atoms with Crippen LogP contribution in [0.2, 0.25) is 0 Å². The van der Waals surface area contributed by atoms with Gasteiger partial charge in [0.2, 0.25) is 0 Å². The van der Waals surface area contributed by atoms with Gasteiger partial charge in [-0.05, 0) is 62.5 Å². The number of hydrogen-bond acceptors (Lipinski definition) is 5. The van der Waals surface area contributed by atoms with E-state index < -0.39 is 0 Å². The summed E-state index contributed by atoms with van der Waals surface area (Å²) in [5.41, 5.74) is 2.14. The lowest BCUT2D eigenvalue weighted by Crippen LogP contribution is -2.40. The Labute approximate surface area is 174 Å². The first-order chi connectivity index (χ1) is 14.1. The summed E-state index contributed by atoms with van der Waals surface area (Å²) in [5, 5.41) is 10.2. The average Bonchev–Trinajstić information content (AvgIpc) is 2.74. The second kappa shape index (κ2) is 10.5. The summed E-state index contributed by atoms with van der Waals surface area (Å²) in [7, 11) is 5.52. The number of hydrogen-bond donors (Lipinski definition) is 1. The van der Waals surface area contributed by atoms with E-state index in [1.807, 2.05) is 24.3 Å². The number of nitrogens with zero attached hydrogens (tertiary/aromatic N) is 2. The van der Waals surface area contributed by atoms with Crippen LogP contribution >= 0.6 is 0 Å². The highest BCUT2D eigenvalue weighted by Crippen LogP contribution is 2.29. The number of likely N-dealkylation sites (tertiary alicyclic amines) is 1. The van der Waals surface area contributed by atoms with Crippen LogP contribution in [0, 0.1) is 5.92 Å². The predicted molar refractivity (Wildman–Crippen MR) is 117 cm³/mol. The van der Waals surface area contributed by atoms with Crippen molar-refractivity contribution in [1.82, 2.24) is 9.80 Å². The van der Waals surface area contributed by atoms with Crippen molar-refractivity contribution in [3.63, 3.8) is 0 Å². The fourth-order valence-electron chi connectivity index (χ4n) is 4.37. The van der Waals surface area contributed by atoms with Gasteiger partial charge in [0, 0.05) is 31.7 Å². The second-order valence-electron chi connectivity index (χ2n) is 8.03. The number of methoxy groups -OCH3 is 2. The first-order valence-electron chi connectivity index (χ1n) is 10.5. The van der Waals surface area contributed by atoms with Crippen molar-refractivity contribution < 1.29 is 14.6 Å². The average molecular weight is 399 g/mol. The fourth-order valence-corrected chi connectivity index (χ4v) is 4.37. The van der Waals surface area contributed by atoms with E-state index in [9.17, 15) is 5.11 Å². The number of phenols is 1. The molecule has 1 atom stereocenters. The molecule has 0 aliphatic carbocycles. The van der Waals surface area contributed by atoms with Gasteiger partial charge in [0.25, 0.3) is 0 Å². The van der Waals surface area contributed by atoms with Crippen molar-refractivity contribution in [3.8, 4) is 17.2 Å². The van der Waals surface area contributed by atoms with Crippen molar-refractivity contribution in [2.24, 2.45) is 5.92 Å². The Morgan fingerprint density at radius 2 is 1.83 bits per heavy atom. The van der Waals surface area contributed by atoms with E-state index in [1.165, 1.54) is 24.9 Å². The van der Waals surface area contributed by atoms with Gasteiger partial charge in [0.05, 0.1) is 14.2 Å². The van der Waals surface area contributed by atoms with E-state index in [1.54, 1.807) is 20.3 Å². The van der Waals surface area contributed by atoms with Crippen LogP contribution in [0.5, 0.6) is 17.2 Å². The molecule has 5 nitrogen and oxygen atoms in total. The smallest absolute Gasteiger partial charge is 0.127 e. The summed E-state index contributed by atoms with van der Waals surface area (Å²) in [6.45, 7) is 5.06. The number of piperidine rings is 1. The van der Waals surface area contributed by atoms with Gasteiger partial charge in [-0.1, -0.05) is 24.3 Å². The van der Waals surface area contributed by atoms with Crippen molar-refractivity contribution in [2.45, 2.75) is 25.8 Å². The van der Waals surface area contributed by atoms with E-state index in [-0.39, 0.29) is 0 Å². The Morgan fingerprint density at radius 1 is 1.07 bits per heavy atom. The standard InChI is InChI=1S/C24H34N2O3/c1-25(18-21-22(27)10-6-12-24(21)29-3)16-19-8-7-14-26(17-19)15-13-20-9-4-5-11-23(20)28-2/h4-6,9-12,19,27H,7-8,13-18H2,1-3H3/t19-/m0/s1. The molecule has 0 saturated carbocycles. The molecule has 29 heavy (non-hydrogen) atoms. The molecule has 5 heteroatoms. The molecular weight excluding hydrogens is 364 g/mol. The summed E-state index contributed by atoms with van der Waals surface area (Å²) in [4.78, 5) is 4.88. The molecule has 0 bridgehead atoms. The fraction of sp³-hybridized carbons (Fsp3) is 0.500. The highest BCUT2D eigenvalue weighted by atomic mass is 16.5. The Morgan fingerprint density at radius 3 is 2.62 bits per heavy atom. The van der Waals surface area contributed by atoms with Gasteiger partial charge < -0.3 is 24.4 Å². The lowest BCUT2D eigenvalue weighted by molar-refractivity contribution is 0.141. The van der Waals surface area contributed by atoms with Gasteiger partial charge >= 0.3 is 0 Å². The number of rotatable bonds is 9. The van der Waals surface area contributed by atoms with Crippen molar-refractivity contribution >= 4 is 0 Å². The minimum absolute atomic E-state index is 0.304. The number of para-hydroxylation sites is 1. The normalized spacial score (nSPS) is 17.4. The molecule has 3 rings (SSSR count). The zero-order valence-electron chi connectivity index (χ0n) is 17.9. The zero-order valence-corrected chi connectivity index (χ0v) is 17.9. The molecule has 0 aromatic heterocycles. The molecule has 1 N–H and O–H groups in total. The zero-order chi connectivity index (χ0) is 20.6. The lowest BCUT2D eigenvalue weighted by Gasteiger charge is -2.35. The molecule has 0 radical (unpaired) electrons. The van der Waals surface area contributed by atoms with Crippen LogP contribution in [0.3, 0.4) is 0 Å². The van der Waals surface area contributed by atoms with Crippen LogP contribution in [-0.2, 0) is 13.0 Å². The van der Waals surface area contributed by atoms with Crippen LogP contribution < -0.4 is 9.47 Å². The minimum Gasteiger partial charge on any atom is -0.507 e. The molecule has 1 heterocycles. The van der Waals surface area contributed by atoms with E-state index in [2.05, 4.69) is 29.0 Å². The molecule has 1 fully saturated rings. The number of ether oxygens (including phenoxy) is 2. The maximum Gasteiger partial charge on any atom is 0.127 e. The summed E-state index contributed by atoms with van der Waals surface area (Å²) in [6, 6.07) is 13.8. The molecule has 2 aromatic carbocycles. The summed E-state index contributed by atoms with van der Waals surface area (Å²) < 4.78 is 10.9. The van der Waals surface area contributed by atoms with E-state index in [0.717, 1.165) is 43.1 Å². The molecule has 1 saturated heterocycles. The molecular formula is C24H34N2O3. The summed E-state index contributed by atoms with van der Waals surface area (Å²) in [6.07, 6.45) is 3.51. The van der Waals surface area contributed by atoms with Gasteiger partial charge in [-0.15, -0.1) is 0 Å². The van der Waals surface area contributed by atoms with Crippen LogP contribution in [0.1, 0.15) is 24.0 Å². The Hall–Kier alpha value is -2.24. The summed E-state index contributed by atoms with van der Waals surface area (Å²) >= 11 is 0. The van der Waals surface area contributed by atoms with E-state index >= 15 is 0 Å². The van der Waals surface area contributed by atoms with Crippen molar-refractivity contribution in [1.29, 1.82) is 0 Å². The minimum atomic E-state index is 0.304. The molecule has 2 aromatic rings. The molecule has 1 aliphatic rings. The highest BCUT2D eigenvalue weighted by molar-refractivity contribution is 5.43. The Kier molecular flexibility index (Phi) is 7.78. The molecule has 1 aliphatic heterocycles. The van der Waals surface area contributed by atoms with Crippen LogP contribution in [0.4, 0.5) is 0 Å². The lowest BCUT2D eigenvalue weighted by atomic mass is 9.96. The topological polar surface area (TPSA) is 45.2 Å². The predicted octanol–water partition coefficient (Wildman–Crippen LogP) is 3.80. The third-order valence-electron chi connectivity index (χ3n) is 5.82. The van der Waals surface area contributed by atoms with Gasteiger partial charge in [0.1, 0.15) is 17.2 Å². The third kappa shape index (κ3) is 5.87. The quantitative estimate of drug-likeness (QED) is 0.696. The first kappa shape index (κ1) is 21.5. The van der Waals surface area contributed by atoms with E-state index in [4.69, 9.17) is 9.47 Å². The first-order valence-corrected chi connectivity index (χ1v) is 10.5. The summed E-state index contributed by atoms with van der Waals surface area (Å²) in [5.74, 6) is 2.68. The maximum absolute atomic E-state index is 10.2. The van der Waals surface area contributed by atoms with Gasteiger partial charge in [-0.2, -0.15) is 0 Å². The van der Waals surface area contributed by atoms with Crippen LogP contribution in [0.15, 0.2) is 42.5 Å². The number of benzene rings is 2. The van der Waals surface area contributed by atoms with Gasteiger partial charge in [-0.25, -0.2) is 0 Å². The van der Waals surface area contributed by atoms with Crippen LogP contribution in [-0.4, -0.2) is 62.4 Å². The van der Waals surface area contributed by atoms with Gasteiger partial charge in [-0.3, -0.25) is 0 Å². The third-order valence-corrected chi connectivity index (χ3v) is 5.82.